The zero-order valence-electron chi connectivity index (χ0n) is 13.1. The van der Waals surface area contributed by atoms with Crippen molar-refractivity contribution in [2.45, 2.75) is 12.5 Å². The Morgan fingerprint density at radius 1 is 1.04 bits per heavy atom. The summed E-state index contributed by atoms with van der Waals surface area (Å²) in [6.07, 6.45) is 0.0657. The fraction of sp³-hybridized carbons (Fsp3) is 0.222. The number of rotatable bonds is 6. The minimum Gasteiger partial charge on any atom is -0.497 e. The van der Waals surface area contributed by atoms with Crippen LogP contribution in [0.5, 0.6) is 5.75 Å². The van der Waals surface area contributed by atoms with E-state index >= 15 is 0 Å². The molecule has 0 fully saturated rings. The summed E-state index contributed by atoms with van der Waals surface area (Å²) in [6, 6.07) is 15.7. The number of ether oxygens (including phenoxy) is 2. The third-order valence-electron chi connectivity index (χ3n) is 3.44. The summed E-state index contributed by atoms with van der Waals surface area (Å²) < 4.78 is 9.84. The number of nitrogens with one attached hydrogen (secondary N) is 1. The molecular formula is C18H19NO4. The summed E-state index contributed by atoms with van der Waals surface area (Å²) in [6.45, 7) is 0. The summed E-state index contributed by atoms with van der Waals surface area (Å²) in [7, 11) is 2.87. The van der Waals surface area contributed by atoms with Crippen molar-refractivity contribution >= 4 is 11.9 Å². The molecule has 0 aliphatic heterocycles. The van der Waals surface area contributed by atoms with E-state index in [4.69, 9.17) is 9.47 Å². The van der Waals surface area contributed by atoms with E-state index in [1.165, 1.54) is 7.11 Å². The molecule has 0 spiro atoms. The first-order valence-electron chi connectivity index (χ1n) is 7.20. The Labute approximate surface area is 135 Å². The molecule has 0 aromatic heterocycles. The van der Waals surface area contributed by atoms with Gasteiger partial charge in [0.05, 0.1) is 26.7 Å². The molecule has 2 aromatic carbocycles. The number of esters is 1. The third kappa shape index (κ3) is 4.57. The highest BCUT2D eigenvalue weighted by Gasteiger charge is 2.19. The minimum atomic E-state index is -0.456. The Hall–Kier alpha value is -2.82. The second-order valence-electron chi connectivity index (χ2n) is 4.95. The lowest BCUT2D eigenvalue weighted by atomic mass is 10.0. The molecule has 0 heterocycles. The number of carbonyl (C=O) groups is 2. The van der Waals surface area contributed by atoms with Crippen molar-refractivity contribution in [2.75, 3.05) is 14.2 Å². The Morgan fingerprint density at radius 3 is 2.43 bits per heavy atom. The Balaban J connectivity index is 2.19. The van der Waals surface area contributed by atoms with Crippen LogP contribution in [0.2, 0.25) is 0 Å². The predicted octanol–water partition coefficient (Wildman–Crippen LogP) is 2.73. The van der Waals surface area contributed by atoms with Crippen LogP contribution in [0.3, 0.4) is 0 Å². The summed E-state index contributed by atoms with van der Waals surface area (Å²) in [5.74, 6) is -0.0617. The minimum absolute atomic E-state index is 0.0657. The van der Waals surface area contributed by atoms with E-state index in [1.807, 2.05) is 30.3 Å². The van der Waals surface area contributed by atoms with Gasteiger partial charge in [0.15, 0.2) is 0 Å². The van der Waals surface area contributed by atoms with E-state index in [0.717, 1.165) is 5.56 Å². The third-order valence-corrected chi connectivity index (χ3v) is 3.44. The van der Waals surface area contributed by atoms with E-state index in [-0.39, 0.29) is 18.3 Å². The molecule has 2 aromatic rings. The quantitative estimate of drug-likeness (QED) is 0.833. The first-order chi connectivity index (χ1) is 11.1. The largest absolute Gasteiger partial charge is 0.497 e. The first-order valence-corrected chi connectivity index (χ1v) is 7.20. The Kier molecular flexibility index (Phi) is 5.74. The molecule has 0 aliphatic carbocycles. The topological polar surface area (TPSA) is 64.6 Å². The van der Waals surface area contributed by atoms with Gasteiger partial charge in [-0.1, -0.05) is 36.4 Å². The molecule has 0 aliphatic rings. The van der Waals surface area contributed by atoms with Gasteiger partial charge in [-0.05, 0) is 23.8 Å². The smallest absolute Gasteiger partial charge is 0.307 e. The second kappa shape index (κ2) is 7.98. The van der Waals surface area contributed by atoms with Gasteiger partial charge in [0.1, 0.15) is 5.75 Å². The van der Waals surface area contributed by atoms with Crippen molar-refractivity contribution in [2.24, 2.45) is 0 Å². The maximum Gasteiger partial charge on any atom is 0.307 e. The van der Waals surface area contributed by atoms with Gasteiger partial charge in [-0.15, -0.1) is 0 Å². The molecule has 2 rings (SSSR count). The Bertz CT molecular complexity index is 670. The lowest BCUT2D eigenvalue weighted by molar-refractivity contribution is -0.141. The molecule has 1 atom stereocenters. The molecule has 0 bridgehead atoms. The molecule has 1 N–H and O–H groups in total. The number of hydrogen-bond donors (Lipinski definition) is 1. The SMILES string of the molecule is COC(=O)CC(NC(=O)c1cccc(OC)c1)c1ccccc1. The van der Waals surface area contributed by atoms with Crippen molar-refractivity contribution in [3.63, 3.8) is 0 Å². The Morgan fingerprint density at radius 2 is 1.78 bits per heavy atom. The molecule has 120 valence electrons. The highest BCUT2D eigenvalue weighted by atomic mass is 16.5. The van der Waals surface area contributed by atoms with Gasteiger partial charge < -0.3 is 14.8 Å². The zero-order chi connectivity index (χ0) is 16.7. The van der Waals surface area contributed by atoms with Crippen LogP contribution in [0.15, 0.2) is 54.6 Å². The number of amides is 1. The van der Waals surface area contributed by atoms with Crippen LogP contribution in [-0.4, -0.2) is 26.1 Å². The van der Waals surface area contributed by atoms with Gasteiger partial charge in [0, 0.05) is 5.56 Å². The van der Waals surface area contributed by atoms with E-state index in [2.05, 4.69) is 5.32 Å². The van der Waals surface area contributed by atoms with Crippen molar-refractivity contribution in [3.8, 4) is 5.75 Å². The van der Waals surface area contributed by atoms with Gasteiger partial charge in [-0.3, -0.25) is 9.59 Å². The maximum atomic E-state index is 12.4. The lowest BCUT2D eigenvalue weighted by Gasteiger charge is -2.18. The monoisotopic (exact) mass is 313 g/mol. The molecule has 0 radical (unpaired) electrons. The summed E-state index contributed by atoms with van der Waals surface area (Å²) in [5.41, 5.74) is 1.31. The normalized spacial score (nSPS) is 11.4. The highest BCUT2D eigenvalue weighted by molar-refractivity contribution is 5.95. The standard InChI is InChI=1S/C18H19NO4/c1-22-15-10-6-9-14(11-15)18(21)19-16(12-17(20)23-2)13-7-4-3-5-8-13/h3-11,16H,12H2,1-2H3,(H,19,21). The molecule has 23 heavy (non-hydrogen) atoms. The number of benzene rings is 2. The predicted molar refractivity (Wildman–Crippen MR) is 86.3 cm³/mol. The van der Waals surface area contributed by atoms with E-state index in [0.29, 0.717) is 11.3 Å². The van der Waals surface area contributed by atoms with Crippen LogP contribution in [0, 0.1) is 0 Å². The van der Waals surface area contributed by atoms with Crippen molar-refractivity contribution < 1.29 is 19.1 Å². The average molecular weight is 313 g/mol. The maximum absolute atomic E-state index is 12.4. The van der Waals surface area contributed by atoms with Gasteiger partial charge in [-0.25, -0.2) is 0 Å². The molecule has 0 saturated carbocycles. The van der Waals surface area contributed by atoms with Crippen LogP contribution < -0.4 is 10.1 Å². The van der Waals surface area contributed by atoms with Crippen LogP contribution in [0.25, 0.3) is 0 Å². The van der Waals surface area contributed by atoms with Gasteiger partial charge in [0.25, 0.3) is 5.91 Å². The van der Waals surface area contributed by atoms with Crippen molar-refractivity contribution in [1.29, 1.82) is 0 Å². The van der Waals surface area contributed by atoms with Crippen LogP contribution in [0.1, 0.15) is 28.4 Å². The summed E-state index contributed by atoms with van der Waals surface area (Å²) in [4.78, 5) is 24.1. The number of carbonyl (C=O) groups excluding carboxylic acids is 2. The van der Waals surface area contributed by atoms with Gasteiger partial charge in [0.2, 0.25) is 0 Å². The zero-order valence-corrected chi connectivity index (χ0v) is 13.1. The molecular weight excluding hydrogens is 294 g/mol. The average Bonchev–Trinajstić information content (AvgIpc) is 2.61. The van der Waals surface area contributed by atoms with Crippen LogP contribution >= 0.6 is 0 Å². The fourth-order valence-corrected chi connectivity index (χ4v) is 2.19. The molecule has 1 amide bonds. The molecule has 0 saturated heterocycles. The summed E-state index contributed by atoms with van der Waals surface area (Å²) in [5, 5.41) is 2.87. The number of methoxy groups -OCH3 is 2. The van der Waals surface area contributed by atoms with Gasteiger partial charge in [-0.2, -0.15) is 0 Å². The number of hydrogen-bond acceptors (Lipinski definition) is 4. The second-order valence-corrected chi connectivity index (χ2v) is 4.95. The molecule has 1 unspecified atom stereocenters. The first kappa shape index (κ1) is 16.5. The lowest BCUT2D eigenvalue weighted by Crippen LogP contribution is -2.30. The van der Waals surface area contributed by atoms with Crippen LogP contribution in [-0.2, 0) is 9.53 Å². The fourth-order valence-electron chi connectivity index (χ4n) is 2.19. The molecule has 5 nitrogen and oxygen atoms in total. The van der Waals surface area contributed by atoms with Crippen LogP contribution in [0.4, 0.5) is 0 Å². The van der Waals surface area contributed by atoms with E-state index in [1.54, 1.807) is 31.4 Å². The van der Waals surface area contributed by atoms with Crippen molar-refractivity contribution in [3.05, 3.63) is 65.7 Å². The van der Waals surface area contributed by atoms with Crippen molar-refractivity contribution in [1.82, 2.24) is 5.32 Å². The summed E-state index contributed by atoms with van der Waals surface area (Å²) >= 11 is 0. The highest BCUT2D eigenvalue weighted by Crippen LogP contribution is 2.19. The van der Waals surface area contributed by atoms with Gasteiger partial charge >= 0.3 is 5.97 Å². The molecule has 5 heteroatoms. The van der Waals surface area contributed by atoms with E-state index < -0.39 is 6.04 Å². The van der Waals surface area contributed by atoms with E-state index in [9.17, 15) is 9.59 Å².